The van der Waals surface area contributed by atoms with Crippen molar-refractivity contribution in [3.05, 3.63) is 71.8 Å². The van der Waals surface area contributed by atoms with E-state index in [1.807, 2.05) is 36.9 Å². The first-order valence-corrected chi connectivity index (χ1v) is 10.3. The van der Waals surface area contributed by atoms with E-state index in [-0.39, 0.29) is 11.8 Å². The number of nitrogens with zero attached hydrogens (tertiary/aromatic N) is 5. The summed E-state index contributed by atoms with van der Waals surface area (Å²) in [6.45, 7) is 3.45. The number of carbonyl (C=O) groups excluding carboxylic acids is 1. The number of rotatable bonds is 4. The van der Waals surface area contributed by atoms with E-state index in [0.29, 0.717) is 18.1 Å². The van der Waals surface area contributed by atoms with Gasteiger partial charge in [-0.05, 0) is 43.0 Å². The molecule has 1 fully saturated rings. The highest BCUT2D eigenvalue weighted by Gasteiger charge is 2.27. The fourth-order valence-electron chi connectivity index (χ4n) is 3.95. The van der Waals surface area contributed by atoms with Crippen molar-refractivity contribution in [2.45, 2.75) is 25.7 Å². The summed E-state index contributed by atoms with van der Waals surface area (Å²) in [6, 6.07) is 14.7. The fourth-order valence-corrected chi connectivity index (χ4v) is 3.95. The molecule has 1 aromatic carbocycles. The van der Waals surface area contributed by atoms with E-state index in [1.165, 1.54) is 11.1 Å². The molecule has 1 atom stereocenters. The predicted octanol–water partition coefficient (Wildman–Crippen LogP) is 3.93. The Balaban J connectivity index is 1.54. The maximum absolute atomic E-state index is 13.0. The summed E-state index contributed by atoms with van der Waals surface area (Å²) in [6.07, 6.45) is 5.23. The molecular weight excluding hydrogens is 374 g/mol. The average Bonchev–Trinajstić information content (AvgIpc) is 2.79. The predicted molar refractivity (Wildman–Crippen MR) is 119 cm³/mol. The largest absolute Gasteiger partial charge is 0.347 e. The van der Waals surface area contributed by atoms with Crippen molar-refractivity contribution in [1.29, 1.82) is 0 Å². The van der Waals surface area contributed by atoms with Crippen LogP contribution in [0.15, 0.2) is 54.9 Å². The number of carbonyl (C=O) groups is 1. The number of aryl methyl sites for hydroxylation is 1. The zero-order valence-electron chi connectivity index (χ0n) is 17.7. The quantitative estimate of drug-likeness (QED) is 0.663. The minimum absolute atomic E-state index is 0.0130. The van der Waals surface area contributed by atoms with Crippen LogP contribution < -0.4 is 4.90 Å². The summed E-state index contributed by atoms with van der Waals surface area (Å²) in [5.41, 5.74) is 4.96. The molecule has 1 amide bonds. The highest BCUT2D eigenvalue weighted by atomic mass is 16.2. The van der Waals surface area contributed by atoms with Crippen LogP contribution in [0.25, 0.3) is 11.1 Å². The maximum Gasteiger partial charge on any atom is 0.257 e. The van der Waals surface area contributed by atoms with E-state index in [9.17, 15) is 4.79 Å². The van der Waals surface area contributed by atoms with Gasteiger partial charge in [0.1, 0.15) is 0 Å². The lowest BCUT2D eigenvalue weighted by Crippen LogP contribution is -2.39. The van der Waals surface area contributed by atoms with E-state index in [1.54, 1.807) is 12.4 Å². The van der Waals surface area contributed by atoms with Crippen LogP contribution in [0.1, 0.15) is 40.5 Å². The summed E-state index contributed by atoms with van der Waals surface area (Å²) in [4.78, 5) is 30.1. The van der Waals surface area contributed by atoms with Gasteiger partial charge in [0.15, 0.2) is 0 Å². The Kier molecular flexibility index (Phi) is 5.74. The number of likely N-dealkylation sites (tertiary alicyclic amines) is 1. The van der Waals surface area contributed by atoms with Gasteiger partial charge in [0, 0.05) is 56.9 Å². The van der Waals surface area contributed by atoms with Crippen LogP contribution >= 0.6 is 0 Å². The summed E-state index contributed by atoms with van der Waals surface area (Å²) >= 11 is 0. The van der Waals surface area contributed by atoms with Gasteiger partial charge < -0.3 is 9.80 Å². The third kappa shape index (κ3) is 4.32. The van der Waals surface area contributed by atoms with Crippen molar-refractivity contribution in [2.24, 2.45) is 0 Å². The second-order valence-electron chi connectivity index (χ2n) is 8.04. The van der Waals surface area contributed by atoms with E-state index >= 15 is 0 Å². The molecular formula is C24H27N5O. The molecule has 154 valence electrons. The zero-order valence-corrected chi connectivity index (χ0v) is 17.7. The molecule has 1 aliphatic heterocycles. The van der Waals surface area contributed by atoms with Crippen molar-refractivity contribution in [3.63, 3.8) is 0 Å². The Morgan fingerprint density at radius 2 is 1.80 bits per heavy atom. The van der Waals surface area contributed by atoms with E-state index < -0.39 is 0 Å². The van der Waals surface area contributed by atoms with Gasteiger partial charge in [-0.3, -0.25) is 9.78 Å². The highest BCUT2D eigenvalue weighted by molar-refractivity contribution is 5.93. The van der Waals surface area contributed by atoms with Gasteiger partial charge in [-0.25, -0.2) is 9.97 Å². The number of anilines is 1. The highest BCUT2D eigenvalue weighted by Crippen LogP contribution is 2.30. The SMILES string of the molecule is Cc1cc(-c2ccccc2)cc(C2CCCN(C(=O)c3cnc(N(C)C)nc3)C2)n1. The second-order valence-corrected chi connectivity index (χ2v) is 8.04. The van der Waals surface area contributed by atoms with Gasteiger partial charge in [0.2, 0.25) is 5.95 Å². The fraction of sp³-hybridized carbons (Fsp3) is 0.333. The molecule has 3 aromatic rings. The molecule has 1 saturated heterocycles. The Morgan fingerprint density at radius 1 is 1.07 bits per heavy atom. The molecule has 0 N–H and O–H groups in total. The Morgan fingerprint density at radius 3 is 2.50 bits per heavy atom. The number of aromatic nitrogens is 3. The molecule has 1 aliphatic rings. The number of piperidine rings is 1. The third-order valence-corrected chi connectivity index (χ3v) is 5.49. The van der Waals surface area contributed by atoms with Crippen LogP contribution in [0.2, 0.25) is 0 Å². The third-order valence-electron chi connectivity index (χ3n) is 5.49. The molecule has 4 rings (SSSR count). The van der Waals surface area contributed by atoms with Crippen LogP contribution in [0.3, 0.4) is 0 Å². The number of hydrogen-bond acceptors (Lipinski definition) is 5. The van der Waals surface area contributed by atoms with Crippen LogP contribution in [-0.4, -0.2) is 52.9 Å². The normalized spacial score (nSPS) is 16.4. The Labute approximate surface area is 177 Å². The summed E-state index contributed by atoms with van der Waals surface area (Å²) in [5.74, 6) is 0.813. The zero-order chi connectivity index (χ0) is 21.1. The first kappa shape index (κ1) is 20.0. The van der Waals surface area contributed by atoms with Crippen molar-refractivity contribution in [1.82, 2.24) is 19.9 Å². The lowest BCUT2D eigenvalue weighted by Gasteiger charge is -2.32. The van der Waals surface area contributed by atoms with Crippen LogP contribution in [0.4, 0.5) is 5.95 Å². The summed E-state index contributed by atoms with van der Waals surface area (Å²) < 4.78 is 0. The molecule has 0 spiro atoms. The van der Waals surface area contributed by atoms with E-state index in [0.717, 1.165) is 30.8 Å². The van der Waals surface area contributed by atoms with Gasteiger partial charge in [-0.15, -0.1) is 0 Å². The number of pyridine rings is 1. The van der Waals surface area contributed by atoms with E-state index in [4.69, 9.17) is 4.98 Å². The van der Waals surface area contributed by atoms with Gasteiger partial charge in [0.25, 0.3) is 5.91 Å². The van der Waals surface area contributed by atoms with Crippen molar-refractivity contribution >= 4 is 11.9 Å². The Hall–Kier alpha value is -3.28. The van der Waals surface area contributed by atoms with Crippen LogP contribution in [0, 0.1) is 6.92 Å². The maximum atomic E-state index is 13.0. The molecule has 0 aliphatic carbocycles. The average molecular weight is 402 g/mol. The molecule has 6 heteroatoms. The van der Waals surface area contributed by atoms with Crippen molar-refractivity contribution in [2.75, 3.05) is 32.1 Å². The van der Waals surface area contributed by atoms with E-state index in [2.05, 4.69) is 46.4 Å². The number of amides is 1. The topological polar surface area (TPSA) is 62.2 Å². The van der Waals surface area contributed by atoms with Crippen molar-refractivity contribution in [3.8, 4) is 11.1 Å². The number of hydrogen-bond donors (Lipinski definition) is 0. The molecule has 3 heterocycles. The molecule has 0 saturated carbocycles. The standard InChI is InChI=1S/C24H27N5O/c1-17-12-20(18-8-5-4-6-9-18)13-22(27-17)19-10-7-11-29(16-19)23(30)21-14-25-24(26-15-21)28(2)3/h4-6,8-9,12-15,19H,7,10-11,16H2,1-3H3. The van der Waals surface area contributed by atoms with Gasteiger partial charge in [-0.1, -0.05) is 30.3 Å². The second kappa shape index (κ2) is 8.61. The smallest absolute Gasteiger partial charge is 0.257 e. The van der Waals surface area contributed by atoms with Crippen molar-refractivity contribution < 1.29 is 4.79 Å². The number of benzene rings is 1. The lowest BCUT2D eigenvalue weighted by atomic mass is 9.92. The lowest BCUT2D eigenvalue weighted by molar-refractivity contribution is 0.0705. The van der Waals surface area contributed by atoms with Gasteiger partial charge in [-0.2, -0.15) is 0 Å². The summed E-state index contributed by atoms with van der Waals surface area (Å²) in [5, 5.41) is 0. The molecule has 30 heavy (non-hydrogen) atoms. The molecule has 0 bridgehead atoms. The summed E-state index contributed by atoms with van der Waals surface area (Å²) in [7, 11) is 3.76. The molecule has 6 nitrogen and oxygen atoms in total. The molecule has 2 aromatic heterocycles. The first-order valence-electron chi connectivity index (χ1n) is 10.3. The van der Waals surface area contributed by atoms with Crippen LogP contribution in [0.5, 0.6) is 0 Å². The Bertz CT molecular complexity index is 1020. The molecule has 0 radical (unpaired) electrons. The van der Waals surface area contributed by atoms with Gasteiger partial charge >= 0.3 is 0 Å². The monoisotopic (exact) mass is 401 g/mol. The van der Waals surface area contributed by atoms with Crippen LogP contribution in [-0.2, 0) is 0 Å². The minimum atomic E-state index is -0.0130. The molecule has 1 unspecified atom stereocenters. The first-order chi connectivity index (χ1) is 14.5. The minimum Gasteiger partial charge on any atom is -0.347 e. The van der Waals surface area contributed by atoms with Gasteiger partial charge in [0.05, 0.1) is 5.56 Å².